The van der Waals surface area contributed by atoms with Gasteiger partial charge in [-0.25, -0.2) is 4.98 Å². The van der Waals surface area contributed by atoms with Gasteiger partial charge < -0.3 is 10.2 Å². The summed E-state index contributed by atoms with van der Waals surface area (Å²) in [5.41, 5.74) is 0. The highest BCUT2D eigenvalue weighted by molar-refractivity contribution is 7.15. The Bertz CT molecular complexity index is 445. The van der Waals surface area contributed by atoms with E-state index in [0.717, 1.165) is 24.1 Å². The zero-order valence-corrected chi connectivity index (χ0v) is 13.3. The first-order chi connectivity index (χ1) is 9.56. The highest BCUT2D eigenvalue weighted by atomic mass is 32.1. The van der Waals surface area contributed by atoms with E-state index >= 15 is 0 Å². The number of aryl methyl sites for hydroxylation is 1. The number of carbonyl (C=O) groups is 2. The lowest BCUT2D eigenvalue weighted by molar-refractivity contribution is -0.134. The minimum atomic E-state index is -0.181. The van der Waals surface area contributed by atoms with Gasteiger partial charge in [0.15, 0.2) is 5.13 Å². The summed E-state index contributed by atoms with van der Waals surface area (Å²) < 4.78 is 0. The molecule has 0 aliphatic rings. The van der Waals surface area contributed by atoms with Crippen molar-refractivity contribution in [2.45, 2.75) is 46.5 Å². The molecule has 0 unspecified atom stereocenters. The number of aromatic nitrogens is 1. The van der Waals surface area contributed by atoms with E-state index in [4.69, 9.17) is 0 Å². The van der Waals surface area contributed by atoms with Gasteiger partial charge in [0.05, 0.1) is 6.54 Å². The van der Waals surface area contributed by atoms with Crippen LogP contribution in [-0.2, 0) is 9.59 Å². The largest absolute Gasteiger partial charge is 0.333 e. The summed E-state index contributed by atoms with van der Waals surface area (Å²) in [6.07, 6.45) is 4.93. The highest BCUT2D eigenvalue weighted by Crippen LogP contribution is 2.16. The first-order valence-electron chi connectivity index (χ1n) is 7.06. The zero-order valence-electron chi connectivity index (χ0n) is 12.4. The van der Waals surface area contributed by atoms with Gasteiger partial charge in [0.1, 0.15) is 0 Å². The number of amides is 2. The minimum Gasteiger partial charge on any atom is -0.333 e. The van der Waals surface area contributed by atoms with Crippen molar-refractivity contribution in [3.63, 3.8) is 0 Å². The van der Waals surface area contributed by atoms with Crippen LogP contribution in [0.3, 0.4) is 0 Å². The van der Waals surface area contributed by atoms with Crippen molar-refractivity contribution in [1.82, 2.24) is 9.88 Å². The summed E-state index contributed by atoms with van der Waals surface area (Å²) in [6.45, 7) is 6.72. The first kappa shape index (κ1) is 16.6. The Hall–Kier alpha value is -1.43. The summed E-state index contributed by atoms with van der Waals surface area (Å²) in [5.74, 6) is -0.133. The third kappa shape index (κ3) is 5.69. The number of anilines is 1. The highest BCUT2D eigenvalue weighted by Gasteiger charge is 2.16. The Balaban J connectivity index is 2.54. The molecule has 0 aromatic carbocycles. The smallest absolute Gasteiger partial charge is 0.245 e. The lowest BCUT2D eigenvalue weighted by Gasteiger charge is -2.21. The van der Waals surface area contributed by atoms with E-state index in [-0.39, 0.29) is 18.4 Å². The van der Waals surface area contributed by atoms with E-state index < -0.39 is 0 Å². The Morgan fingerprint density at radius 2 is 2.10 bits per heavy atom. The molecule has 0 bridgehead atoms. The number of rotatable bonds is 8. The van der Waals surface area contributed by atoms with E-state index in [1.165, 1.54) is 11.3 Å². The third-order valence-corrected chi connectivity index (χ3v) is 3.63. The molecule has 6 heteroatoms. The number of thiazole rings is 1. The predicted octanol–water partition coefficient (Wildman–Crippen LogP) is 2.82. The van der Waals surface area contributed by atoms with Gasteiger partial charge >= 0.3 is 0 Å². The van der Waals surface area contributed by atoms with Crippen LogP contribution in [0, 0.1) is 6.92 Å². The van der Waals surface area contributed by atoms with E-state index in [9.17, 15) is 9.59 Å². The summed E-state index contributed by atoms with van der Waals surface area (Å²) >= 11 is 1.43. The number of hydrogen-bond donors (Lipinski definition) is 1. The van der Waals surface area contributed by atoms with Crippen molar-refractivity contribution in [2.75, 3.05) is 18.4 Å². The standard InChI is InChI=1S/C14H23N3O2S/c1-4-6-8-17(13(19)7-5-2)10-12(18)16-14-15-9-11(3)20-14/h9H,4-8,10H2,1-3H3,(H,15,16,18). The zero-order chi connectivity index (χ0) is 15.0. The van der Waals surface area contributed by atoms with Gasteiger partial charge in [0.25, 0.3) is 0 Å². The van der Waals surface area contributed by atoms with Crippen LogP contribution in [0.1, 0.15) is 44.4 Å². The predicted molar refractivity (Wildman–Crippen MR) is 81.9 cm³/mol. The number of nitrogens with one attached hydrogen (secondary N) is 1. The molecule has 0 fully saturated rings. The molecule has 1 N–H and O–H groups in total. The molecule has 0 aliphatic carbocycles. The summed E-state index contributed by atoms with van der Waals surface area (Å²) in [5, 5.41) is 3.33. The van der Waals surface area contributed by atoms with Crippen LogP contribution in [0.2, 0.25) is 0 Å². The van der Waals surface area contributed by atoms with E-state index in [0.29, 0.717) is 18.1 Å². The third-order valence-electron chi connectivity index (χ3n) is 2.80. The average Bonchev–Trinajstić information content (AvgIpc) is 2.80. The van der Waals surface area contributed by atoms with Gasteiger partial charge in [-0.15, -0.1) is 11.3 Å². The van der Waals surface area contributed by atoms with Crippen molar-refractivity contribution in [2.24, 2.45) is 0 Å². The molecule has 0 spiro atoms. The molecule has 0 aliphatic heterocycles. The number of unbranched alkanes of at least 4 members (excludes halogenated alkanes) is 1. The van der Waals surface area contributed by atoms with Crippen LogP contribution in [-0.4, -0.2) is 34.8 Å². The maximum Gasteiger partial charge on any atom is 0.245 e. The molecule has 1 rings (SSSR count). The summed E-state index contributed by atoms with van der Waals surface area (Å²) in [4.78, 5) is 30.7. The molecular formula is C14H23N3O2S. The lowest BCUT2D eigenvalue weighted by Crippen LogP contribution is -2.38. The van der Waals surface area contributed by atoms with Gasteiger partial charge in [-0.2, -0.15) is 0 Å². The number of hydrogen-bond acceptors (Lipinski definition) is 4. The second-order valence-corrected chi connectivity index (χ2v) is 5.98. The fourth-order valence-electron chi connectivity index (χ4n) is 1.76. The van der Waals surface area contributed by atoms with Crippen molar-refractivity contribution < 1.29 is 9.59 Å². The fourth-order valence-corrected chi connectivity index (χ4v) is 2.44. The van der Waals surface area contributed by atoms with Crippen LogP contribution in [0.4, 0.5) is 5.13 Å². The molecule has 0 radical (unpaired) electrons. The van der Waals surface area contributed by atoms with Gasteiger partial charge in [0.2, 0.25) is 11.8 Å². The minimum absolute atomic E-state index is 0.0476. The van der Waals surface area contributed by atoms with Gasteiger partial charge in [0, 0.05) is 24.0 Å². The van der Waals surface area contributed by atoms with Crippen molar-refractivity contribution in [1.29, 1.82) is 0 Å². The molecule has 0 atom stereocenters. The lowest BCUT2D eigenvalue weighted by atomic mass is 10.2. The van der Waals surface area contributed by atoms with Crippen molar-refractivity contribution in [3.05, 3.63) is 11.1 Å². The Morgan fingerprint density at radius 3 is 2.65 bits per heavy atom. The van der Waals surface area contributed by atoms with Gasteiger partial charge in [-0.05, 0) is 19.8 Å². The molecule has 20 heavy (non-hydrogen) atoms. The maximum atomic E-state index is 12.0. The molecule has 1 heterocycles. The quantitative estimate of drug-likeness (QED) is 0.802. The Morgan fingerprint density at radius 1 is 1.35 bits per heavy atom. The Labute approximate surface area is 124 Å². The number of nitrogens with zero attached hydrogens (tertiary/aromatic N) is 2. The molecule has 1 aromatic heterocycles. The molecule has 1 aromatic rings. The molecule has 2 amide bonds. The van der Waals surface area contributed by atoms with E-state index in [1.54, 1.807) is 11.1 Å². The Kier molecular flexibility index (Phi) is 7.22. The normalized spacial score (nSPS) is 10.3. The molecule has 112 valence electrons. The SMILES string of the molecule is CCCCN(CC(=O)Nc1ncc(C)s1)C(=O)CCC. The molecule has 5 nitrogen and oxygen atoms in total. The second-order valence-electron chi connectivity index (χ2n) is 4.74. The monoisotopic (exact) mass is 297 g/mol. The number of carbonyl (C=O) groups excluding carboxylic acids is 2. The molecule has 0 saturated carbocycles. The van der Waals surface area contributed by atoms with Crippen LogP contribution in [0.25, 0.3) is 0 Å². The topological polar surface area (TPSA) is 62.3 Å². The van der Waals surface area contributed by atoms with Gasteiger partial charge in [-0.3, -0.25) is 9.59 Å². The molecular weight excluding hydrogens is 274 g/mol. The first-order valence-corrected chi connectivity index (χ1v) is 7.88. The summed E-state index contributed by atoms with van der Waals surface area (Å²) in [6, 6.07) is 0. The van der Waals surface area contributed by atoms with Gasteiger partial charge in [-0.1, -0.05) is 20.3 Å². The van der Waals surface area contributed by atoms with Crippen LogP contribution < -0.4 is 5.32 Å². The fraction of sp³-hybridized carbons (Fsp3) is 0.643. The average molecular weight is 297 g/mol. The van der Waals surface area contributed by atoms with E-state index in [1.807, 2.05) is 13.8 Å². The second kappa shape index (κ2) is 8.68. The van der Waals surface area contributed by atoms with Crippen molar-refractivity contribution in [3.8, 4) is 0 Å². The summed E-state index contributed by atoms with van der Waals surface area (Å²) in [7, 11) is 0. The van der Waals surface area contributed by atoms with Crippen LogP contribution in [0.15, 0.2) is 6.20 Å². The molecule has 0 saturated heterocycles. The van der Waals surface area contributed by atoms with E-state index in [2.05, 4.69) is 17.2 Å². The van der Waals surface area contributed by atoms with Crippen LogP contribution in [0.5, 0.6) is 0 Å². The maximum absolute atomic E-state index is 12.0. The van der Waals surface area contributed by atoms with Crippen molar-refractivity contribution >= 4 is 28.3 Å². The van der Waals surface area contributed by atoms with Crippen LogP contribution >= 0.6 is 11.3 Å².